The molecule has 1 aromatic rings. The number of benzene rings is 1. The van der Waals surface area contributed by atoms with E-state index in [0.717, 1.165) is 19.7 Å². The number of para-hydroxylation sites is 1. The van der Waals surface area contributed by atoms with Crippen LogP contribution in [0.25, 0.3) is 0 Å². The minimum Gasteiger partial charge on any atom is -0.491 e. The fourth-order valence-electron chi connectivity index (χ4n) is 2.33. The third-order valence-electron chi connectivity index (χ3n) is 3.49. The maximum absolute atomic E-state index is 11.1. The van der Waals surface area contributed by atoms with Crippen LogP contribution in [0.3, 0.4) is 0 Å². The van der Waals surface area contributed by atoms with Gasteiger partial charge in [0.2, 0.25) is 0 Å². The van der Waals surface area contributed by atoms with Crippen molar-refractivity contribution in [3.63, 3.8) is 0 Å². The monoisotopic (exact) mass is 279 g/mol. The van der Waals surface area contributed by atoms with Gasteiger partial charge < -0.3 is 14.6 Å². The molecule has 1 aliphatic rings. The van der Waals surface area contributed by atoms with E-state index in [1.807, 2.05) is 0 Å². The second kappa shape index (κ2) is 6.72. The number of rotatable bonds is 5. The van der Waals surface area contributed by atoms with Crippen LogP contribution in [0.4, 0.5) is 0 Å². The highest BCUT2D eigenvalue weighted by Gasteiger charge is 2.23. The van der Waals surface area contributed by atoms with Crippen molar-refractivity contribution in [2.24, 2.45) is 0 Å². The van der Waals surface area contributed by atoms with Crippen molar-refractivity contribution in [3.8, 4) is 5.75 Å². The Bertz CT molecular complexity index is 463. The van der Waals surface area contributed by atoms with Crippen molar-refractivity contribution in [3.05, 3.63) is 29.8 Å². The minimum atomic E-state index is -0.964. The van der Waals surface area contributed by atoms with Crippen molar-refractivity contribution in [1.82, 2.24) is 4.90 Å². The lowest BCUT2D eigenvalue weighted by atomic mass is 10.2. The highest BCUT2D eigenvalue weighted by atomic mass is 16.5. The molecule has 0 spiro atoms. The Morgan fingerprint density at radius 2 is 2.20 bits per heavy atom. The zero-order valence-electron chi connectivity index (χ0n) is 11.9. The van der Waals surface area contributed by atoms with Gasteiger partial charge in [0.25, 0.3) is 0 Å². The average molecular weight is 279 g/mol. The quantitative estimate of drug-likeness (QED) is 0.891. The number of nitrogens with zero attached hydrogens (tertiary/aromatic N) is 1. The van der Waals surface area contributed by atoms with Crippen molar-refractivity contribution < 1.29 is 19.4 Å². The molecule has 5 nitrogen and oxygen atoms in total. The Hall–Kier alpha value is -1.59. The maximum atomic E-state index is 11.1. The molecule has 1 fully saturated rings. The van der Waals surface area contributed by atoms with E-state index in [2.05, 4.69) is 18.7 Å². The topological polar surface area (TPSA) is 59.0 Å². The number of hydrogen-bond donors (Lipinski definition) is 1. The first-order valence-corrected chi connectivity index (χ1v) is 6.88. The summed E-state index contributed by atoms with van der Waals surface area (Å²) >= 11 is 0. The zero-order chi connectivity index (χ0) is 14.5. The highest BCUT2D eigenvalue weighted by Crippen LogP contribution is 2.18. The minimum absolute atomic E-state index is 0.205. The van der Waals surface area contributed by atoms with E-state index < -0.39 is 5.97 Å². The summed E-state index contributed by atoms with van der Waals surface area (Å²) in [4.78, 5) is 13.4. The summed E-state index contributed by atoms with van der Waals surface area (Å²) in [6.07, 6.45) is 0.234. The van der Waals surface area contributed by atoms with Crippen LogP contribution in [0.2, 0.25) is 0 Å². The molecule has 110 valence electrons. The number of ether oxygens (including phenoxy) is 2. The Morgan fingerprint density at radius 1 is 1.45 bits per heavy atom. The fraction of sp³-hybridized carbons (Fsp3) is 0.533. The first-order valence-electron chi connectivity index (χ1n) is 6.88. The van der Waals surface area contributed by atoms with Crippen LogP contribution in [0.15, 0.2) is 24.3 Å². The van der Waals surface area contributed by atoms with Gasteiger partial charge in [-0.25, -0.2) is 4.79 Å². The van der Waals surface area contributed by atoms with E-state index in [4.69, 9.17) is 14.6 Å². The molecule has 0 amide bonds. The highest BCUT2D eigenvalue weighted by molar-refractivity contribution is 5.90. The number of morpholine rings is 1. The molecule has 0 bridgehead atoms. The smallest absolute Gasteiger partial charge is 0.339 e. The van der Waals surface area contributed by atoms with Crippen LogP contribution >= 0.6 is 0 Å². The molecular formula is C15H21NO4. The van der Waals surface area contributed by atoms with E-state index in [9.17, 15) is 4.79 Å². The molecule has 1 heterocycles. The van der Waals surface area contributed by atoms with Crippen LogP contribution < -0.4 is 4.74 Å². The molecule has 1 aliphatic heterocycles. The lowest BCUT2D eigenvalue weighted by Gasteiger charge is -2.36. The predicted octanol–water partition coefficient (Wildman–Crippen LogP) is 1.87. The Labute approximate surface area is 119 Å². The van der Waals surface area contributed by atoms with Gasteiger partial charge in [-0.05, 0) is 26.0 Å². The van der Waals surface area contributed by atoms with Crippen LogP contribution in [0.5, 0.6) is 5.75 Å². The lowest BCUT2D eigenvalue weighted by Crippen LogP contribution is -2.48. The summed E-state index contributed by atoms with van der Waals surface area (Å²) in [6, 6.07) is 7.08. The molecule has 1 saturated heterocycles. The molecule has 1 N–H and O–H groups in total. The number of aromatic carboxylic acids is 1. The third kappa shape index (κ3) is 3.71. The van der Waals surface area contributed by atoms with E-state index in [-0.39, 0.29) is 11.7 Å². The molecule has 20 heavy (non-hydrogen) atoms. The Kier molecular flexibility index (Phi) is 4.98. The fourth-order valence-corrected chi connectivity index (χ4v) is 2.33. The lowest BCUT2D eigenvalue weighted by molar-refractivity contribution is -0.0522. The summed E-state index contributed by atoms with van der Waals surface area (Å²) in [5.41, 5.74) is 0.205. The Morgan fingerprint density at radius 3 is 2.95 bits per heavy atom. The van der Waals surface area contributed by atoms with Gasteiger partial charge in [0.05, 0.1) is 12.7 Å². The van der Waals surface area contributed by atoms with E-state index in [1.165, 1.54) is 0 Å². The number of hydrogen-bond acceptors (Lipinski definition) is 4. The molecule has 5 heteroatoms. The SMILES string of the molecule is CC1CN(CCOc2ccccc2C(=O)O)C(C)CO1. The molecule has 0 saturated carbocycles. The molecule has 1 aromatic carbocycles. The first kappa shape index (κ1) is 14.8. The number of carbonyl (C=O) groups is 1. The summed E-state index contributed by atoms with van der Waals surface area (Å²) in [5, 5.41) is 9.08. The number of carboxylic acid groups (broad SMARTS) is 1. The van der Waals surface area contributed by atoms with Gasteiger partial charge in [-0.3, -0.25) is 4.90 Å². The second-order valence-corrected chi connectivity index (χ2v) is 5.14. The summed E-state index contributed by atoms with van der Waals surface area (Å²) in [7, 11) is 0. The average Bonchev–Trinajstić information content (AvgIpc) is 2.43. The molecule has 2 rings (SSSR count). The molecular weight excluding hydrogens is 258 g/mol. The van der Waals surface area contributed by atoms with Crippen LogP contribution in [0, 0.1) is 0 Å². The van der Waals surface area contributed by atoms with Crippen LogP contribution in [-0.4, -0.2) is 54.4 Å². The van der Waals surface area contributed by atoms with Gasteiger partial charge in [-0.15, -0.1) is 0 Å². The standard InChI is InChI=1S/C15H21NO4/c1-11-10-20-12(2)9-16(11)7-8-19-14-6-4-3-5-13(14)15(17)18/h3-6,11-12H,7-10H2,1-2H3,(H,17,18). The molecule has 0 radical (unpaired) electrons. The van der Waals surface area contributed by atoms with Gasteiger partial charge in [0, 0.05) is 19.1 Å². The Balaban J connectivity index is 1.88. The van der Waals surface area contributed by atoms with E-state index in [0.29, 0.717) is 18.4 Å². The van der Waals surface area contributed by atoms with Crippen molar-refractivity contribution in [1.29, 1.82) is 0 Å². The first-order chi connectivity index (χ1) is 9.58. The summed E-state index contributed by atoms with van der Waals surface area (Å²) in [6.45, 7) is 7.03. The normalized spacial score (nSPS) is 23.5. The van der Waals surface area contributed by atoms with Crippen LogP contribution in [-0.2, 0) is 4.74 Å². The molecule has 2 unspecified atom stereocenters. The van der Waals surface area contributed by atoms with Gasteiger partial charge in [-0.1, -0.05) is 12.1 Å². The van der Waals surface area contributed by atoms with Crippen molar-refractivity contribution in [2.45, 2.75) is 26.0 Å². The van der Waals surface area contributed by atoms with Gasteiger partial charge in [0.1, 0.15) is 17.9 Å². The zero-order valence-corrected chi connectivity index (χ0v) is 11.9. The van der Waals surface area contributed by atoms with Crippen LogP contribution in [0.1, 0.15) is 24.2 Å². The summed E-state index contributed by atoms with van der Waals surface area (Å²) < 4.78 is 11.2. The third-order valence-corrected chi connectivity index (χ3v) is 3.49. The van der Waals surface area contributed by atoms with Crippen molar-refractivity contribution in [2.75, 3.05) is 26.3 Å². The van der Waals surface area contributed by atoms with Crippen molar-refractivity contribution >= 4 is 5.97 Å². The van der Waals surface area contributed by atoms with Gasteiger partial charge in [-0.2, -0.15) is 0 Å². The van der Waals surface area contributed by atoms with E-state index >= 15 is 0 Å². The number of carboxylic acids is 1. The largest absolute Gasteiger partial charge is 0.491 e. The van der Waals surface area contributed by atoms with Gasteiger partial charge in [0.15, 0.2) is 0 Å². The molecule has 0 aromatic heterocycles. The molecule has 0 aliphatic carbocycles. The maximum Gasteiger partial charge on any atom is 0.339 e. The molecule has 2 atom stereocenters. The second-order valence-electron chi connectivity index (χ2n) is 5.14. The predicted molar refractivity (Wildman–Crippen MR) is 75.3 cm³/mol. The summed E-state index contributed by atoms with van der Waals surface area (Å²) in [5.74, 6) is -0.539. The van der Waals surface area contributed by atoms with E-state index in [1.54, 1.807) is 24.3 Å². The van der Waals surface area contributed by atoms with Gasteiger partial charge >= 0.3 is 5.97 Å².